The summed E-state index contributed by atoms with van der Waals surface area (Å²) in [6, 6.07) is 19.4. The van der Waals surface area contributed by atoms with Crippen molar-refractivity contribution in [1.82, 2.24) is 10.7 Å². The van der Waals surface area contributed by atoms with Gasteiger partial charge in [-0.2, -0.15) is 5.10 Å². The van der Waals surface area contributed by atoms with Crippen molar-refractivity contribution in [2.24, 2.45) is 5.10 Å². The third-order valence-electron chi connectivity index (χ3n) is 3.16. The lowest BCUT2D eigenvalue weighted by atomic mass is 10.1. The summed E-state index contributed by atoms with van der Waals surface area (Å²) in [5, 5.41) is 6.32. The van der Waals surface area contributed by atoms with Gasteiger partial charge in [0.2, 0.25) is 0 Å². The Morgan fingerprint density at radius 2 is 1.48 bits per heavy atom. The van der Waals surface area contributed by atoms with Crippen LogP contribution in [0.5, 0.6) is 0 Å². The topological polar surface area (TPSA) is 70.6 Å². The molecule has 118 valence electrons. The first-order chi connectivity index (χ1) is 11.3. The van der Waals surface area contributed by atoms with Crippen LogP contribution in [-0.4, -0.2) is 18.0 Å². The van der Waals surface area contributed by atoms with Crippen molar-refractivity contribution in [1.29, 1.82) is 0 Å². The van der Waals surface area contributed by atoms with Gasteiger partial charge in [0.05, 0.1) is 0 Å². The van der Waals surface area contributed by atoms with E-state index in [4.69, 9.17) is 0 Å². The van der Waals surface area contributed by atoms with Gasteiger partial charge >= 0.3 is 11.8 Å². The molecule has 0 radical (unpaired) electrons. The number of rotatable bonds is 6. The van der Waals surface area contributed by atoms with Crippen LogP contribution in [0, 0.1) is 0 Å². The number of hydrogen-bond acceptors (Lipinski definition) is 3. The SMILES string of the molecule is O=C(NCc1ccccc1)C(=O)N/N=C/CCc1ccccc1. The predicted molar refractivity (Wildman–Crippen MR) is 89.7 cm³/mol. The van der Waals surface area contributed by atoms with Gasteiger partial charge in [-0.05, 0) is 24.0 Å². The van der Waals surface area contributed by atoms with E-state index in [0.29, 0.717) is 13.0 Å². The lowest BCUT2D eigenvalue weighted by Crippen LogP contribution is -2.37. The Morgan fingerprint density at radius 3 is 2.13 bits per heavy atom. The normalized spacial score (nSPS) is 10.4. The van der Waals surface area contributed by atoms with Gasteiger partial charge < -0.3 is 5.32 Å². The second-order valence-electron chi connectivity index (χ2n) is 4.95. The van der Waals surface area contributed by atoms with Crippen molar-refractivity contribution < 1.29 is 9.59 Å². The second kappa shape index (κ2) is 9.15. The van der Waals surface area contributed by atoms with Crippen LogP contribution in [0.1, 0.15) is 17.5 Å². The average molecular weight is 309 g/mol. The van der Waals surface area contributed by atoms with E-state index in [2.05, 4.69) is 15.8 Å². The van der Waals surface area contributed by atoms with Gasteiger partial charge in [-0.1, -0.05) is 60.7 Å². The van der Waals surface area contributed by atoms with E-state index < -0.39 is 11.8 Å². The highest BCUT2D eigenvalue weighted by Gasteiger charge is 2.11. The first-order valence-electron chi connectivity index (χ1n) is 7.43. The van der Waals surface area contributed by atoms with E-state index in [-0.39, 0.29) is 0 Å². The molecule has 0 fully saturated rings. The molecule has 2 aromatic carbocycles. The zero-order valence-corrected chi connectivity index (χ0v) is 12.7. The molecule has 0 spiro atoms. The fraction of sp³-hybridized carbons (Fsp3) is 0.167. The van der Waals surface area contributed by atoms with Gasteiger partial charge in [0.15, 0.2) is 0 Å². The van der Waals surface area contributed by atoms with Crippen molar-refractivity contribution in [2.75, 3.05) is 0 Å². The summed E-state index contributed by atoms with van der Waals surface area (Å²) in [6.07, 6.45) is 3.12. The lowest BCUT2D eigenvalue weighted by Gasteiger charge is -2.03. The summed E-state index contributed by atoms with van der Waals surface area (Å²) < 4.78 is 0. The lowest BCUT2D eigenvalue weighted by molar-refractivity contribution is -0.139. The van der Waals surface area contributed by atoms with E-state index in [0.717, 1.165) is 12.0 Å². The van der Waals surface area contributed by atoms with Crippen LogP contribution in [0.3, 0.4) is 0 Å². The molecule has 2 amide bonds. The van der Waals surface area contributed by atoms with Gasteiger partial charge in [-0.3, -0.25) is 9.59 Å². The van der Waals surface area contributed by atoms with Crippen LogP contribution in [0.2, 0.25) is 0 Å². The molecule has 2 rings (SSSR count). The van der Waals surface area contributed by atoms with Crippen molar-refractivity contribution in [3.05, 3.63) is 71.8 Å². The van der Waals surface area contributed by atoms with Gasteiger partial charge in [-0.15, -0.1) is 0 Å². The van der Waals surface area contributed by atoms with E-state index in [1.54, 1.807) is 6.21 Å². The van der Waals surface area contributed by atoms with Crippen LogP contribution in [0.15, 0.2) is 65.8 Å². The number of nitrogens with one attached hydrogen (secondary N) is 2. The minimum Gasteiger partial charge on any atom is -0.344 e. The summed E-state index contributed by atoms with van der Waals surface area (Å²) >= 11 is 0. The molecule has 0 saturated heterocycles. The van der Waals surface area contributed by atoms with Crippen LogP contribution < -0.4 is 10.7 Å². The van der Waals surface area contributed by atoms with Gasteiger partial charge in [0, 0.05) is 12.8 Å². The van der Waals surface area contributed by atoms with Gasteiger partial charge in [0.25, 0.3) is 0 Å². The number of hydrazone groups is 1. The van der Waals surface area contributed by atoms with Crippen LogP contribution in [0.4, 0.5) is 0 Å². The molecular formula is C18H19N3O2. The Labute approximate surface area is 135 Å². The molecule has 0 bridgehead atoms. The molecule has 23 heavy (non-hydrogen) atoms. The molecule has 2 aromatic rings. The Balaban J connectivity index is 1.65. The molecule has 5 nitrogen and oxygen atoms in total. The molecule has 0 unspecified atom stereocenters. The van der Waals surface area contributed by atoms with Gasteiger partial charge in [0.1, 0.15) is 0 Å². The van der Waals surface area contributed by atoms with Crippen molar-refractivity contribution in [3.63, 3.8) is 0 Å². The second-order valence-corrected chi connectivity index (χ2v) is 4.95. The van der Waals surface area contributed by atoms with E-state index in [1.165, 1.54) is 5.56 Å². The highest BCUT2D eigenvalue weighted by molar-refractivity contribution is 6.35. The number of carbonyl (C=O) groups excluding carboxylic acids is 2. The molecule has 0 atom stereocenters. The molecule has 5 heteroatoms. The standard InChI is InChI=1S/C18H19N3O2/c22-17(19-14-16-10-5-2-6-11-16)18(23)21-20-13-7-12-15-8-3-1-4-9-15/h1-6,8-11,13H,7,12,14H2,(H,19,22)(H,21,23)/b20-13+. The maximum atomic E-state index is 11.6. The summed E-state index contributed by atoms with van der Waals surface area (Å²) in [6.45, 7) is 0.310. The third-order valence-corrected chi connectivity index (χ3v) is 3.16. The van der Waals surface area contributed by atoms with Crippen LogP contribution in [0.25, 0.3) is 0 Å². The van der Waals surface area contributed by atoms with E-state index in [1.807, 2.05) is 60.7 Å². The Morgan fingerprint density at radius 1 is 0.870 bits per heavy atom. The van der Waals surface area contributed by atoms with Crippen molar-refractivity contribution in [3.8, 4) is 0 Å². The number of carbonyl (C=O) groups is 2. The average Bonchev–Trinajstić information content (AvgIpc) is 2.61. The quantitative estimate of drug-likeness (QED) is 0.487. The van der Waals surface area contributed by atoms with Crippen molar-refractivity contribution >= 4 is 18.0 Å². The minimum atomic E-state index is -0.767. The predicted octanol–water partition coefficient (Wildman–Crippen LogP) is 2.04. The number of benzene rings is 2. The summed E-state index contributed by atoms with van der Waals surface area (Å²) in [7, 11) is 0. The molecule has 0 saturated carbocycles. The molecule has 0 aliphatic rings. The zero-order valence-electron chi connectivity index (χ0n) is 12.7. The molecule has 2 N–H and O–H groups in total. The van der Waals surface area contributed by atoms with Gasteiger partial charge in [-0.25, -0.2) is 5.43 Å². The third kappa shape index (κ3) is 6.13. The first-order valence-corrected chi connectivity index (χ1v) is 7.43. The molecular weight excluding hydrogens is 290 g/mol. The summed E-state index contributed by atoms with van der Waals surface area (Å²) in [4.78, 5) is 23.2. The number of hydrogen-bond donors (Lipinski definition) is 2. The summed E-state index contributed by atoms with van der Waals surface area (Å²) in [5.41, 5.74) is 4.35. The largest absolute Gasteiger partial charge is 0.344 e. The van der Waals surface area contributed by atoms with Crippen LogP contribution >= 0.6 is 0 Å². The Hall–Kier alpha value is -2.95. The Bertz CT molecular complexity index is 654. The number of nitrogens with zero attached hydrogens (tertiary/aromatic N) is 1. The first kappa shape index (κ1) is 16.4. The Kier molecular flexibility index (Phi) is 6.53. The minimum absolute atomic E-state index is 0.310. The van der Waals surface area contributed by atoms with E-state index >= 15 is 0 Å². The maximum Gasteiger partial charge on any atom is 0.329 e. The highest BCUT2D eigenvalue weighted by atomic mass is 16.2. The number of amides is 2. The molecule has 0 aliphatic heterocycles. The monoisotopic (exact) mass is 309 g/mol. The van der Waals surface area contributed by atoms with E-state index in [9.17, 15) is 9.59 Å². The fourth-order valence-electron chi connectivity index (χ4n) is 1.95. The number of aryl methyl sites for hydroxylation is 1. The smallest absolute Gasteiger partial charge is 0.329 e. The summed E-state index contributed by atoms with van der Waals surface area (Å²) in [5.74, 6) is -1.47. The zero-order chi connectivity index (χ0) is 16.3. The maximum absolute atomic E-state index is 11.6. The molecule has 0 heterocycles. The molecule has 0 aromatic heterocycles. The van der Waals surface area contributed by atoms with Crippen molar-refractivity contribution in [2.45, 2.75) is 19.4 Å². The molecule has 0 aliphatic carbocycles. The van der Waals surface area contributed by atoms with Crippen LogP contribution in [-0.2, 0) is 22.6 Å². The fourth-order valence-corrected chi connectivity index (χ4v) is 1.95. The highest BCUT2D eigenvalue weighted by Crippen LogP contribution is 2.00.